The predicted octanol–water partition coefficient (Wildman–Crippen LogP) is 1.93. The van der Waals surface area contributed by atoms with E-state index in [0.29, 0.717) is 0 Å². The maximum absolute atomic E-state index is 5.35. The van der Waals surface area contributed by atoms with Crippen molar-refractivity contribution in [2.45, 2.75) is 13.0 Å². The van der Waals surface area contributed by atoms with Gasteiger partial charge in [0.1, 0.15) is 11.4 Å². The number of hydrogen-bond acceptors (Lipinski definition) is 4. The molecule has 0 spiro atoms. The van der Waals surface area contributed by atoms with Gasteiger partial charge in [-0.2, -0.15) is 0 Å². The molecule has 0 aliphatic heterocycles. The Kier molecular flexibility index (Phi) is 3.68. The number of hydrogen-bond donors (Lipinski definition) is 0. The van der Waals surface area contributed by atoms with Gasteiger partial charge in [0.2, 0.25) is 0 Å². The summed E-state index contributed by atoms with van der Waals surface area (Å²) >= 11 is 0. The van der Waals surface area contributed by atoms with E-state index in [2.05, 4.69) is 15.3 Å². The standard InChI is InChI=1S/C15H17N5O/c1-19-11-16-9-12(19)7-8-20-10-14(17-18-20)13-5-3-4-6-15(13)21-2/h3-6,9-11H,7-8H2,1-2H3. The highest BCUT2D eigenvalue weighted by Crippen LogP contribution is 2.27. The van der Waals surface area contributed by atoms with E-state index in [1.165, 1.54) is 5.69 Å². The molecule has 0 N–H and O–H groups in total. The van der Waals surface area contributed by atoms with Crippen LogP contribution in [0.1, 0.15) is 5.69 Å². The van der Waals surface area contributed by atoms with Crippen LogP contribution < -0.4 is 4.74 Å². The highest BCUT2D eigenvalue weighted by atomic mass is 16.5. The molecule has 0 saturated carbocycles. The van der Waals surface area contributed by atoms with Gasteiger partial charge in [-0.15, -0.1) is 5.10 Å². The van der Waals surface area contributed by atoms with Crippen LogP contribution in [0.3, 0.4) is 0 Å². The van der Waals surface area contributed by atoms with Crippen LogP contribution in [0.2, 0.25) is 0 Å². The molecular formula is C15H17N5O. The summed E-state index contributed by atoms with van der Waals surface area (Å²) in [4.78, 5) is 4.11. The van der Waals surface area contributed by atoms with Gasteiger partial charge < -0.3 is 9.30 Å². The summed E-state index contributed by atoms with van der Waals surface area (Å²) < 4.78 is 9.21. The first kappa shape index (κ1) is 13.4. The Morgan fingerprint density at radius 3 is 2.86 bits per heavy atom. The predicted molar refractivity (Wildman–Crippen MR) is 78.9 cm³/mol. The van der Waals surface area contributed by atoms with Crippen molar-refractivity contribution in [2.75, 3.05) is 7.11 Å². The van der Waals surface area contributed by atoms with Gasteiger partial charge in [0.25, 0.3) is 0 Å². The van der Waals surface area contributed by atoms with Gasteiger partial charge in [-0.1, -0.05) is 17.3 Å². The molecule has 1 aromatic carbocycles. The Bertz CT molecular complexity index is 731. The van der Waals surface area contributed by atoms with Gasteiger partial charge in [-0.25, -0.2) is 4.98 Å². The molecule has 3 rings (SSSR count). The first-order valence-corrected chi connectivity index (χ1v) is 6.76. The Morgan fingerprint density at radius 2 is 2.10 bits per heavy atom. The van der Waals surface area contributed by atoms with Crippen LogP contribution in [0.4, 0.5) is 0 Å². The first-order valence-electron chi connectivity index (χ1n) is 6.76. The number of nitrogens with zero attached hydrogens (tertiary/aromatic N) is 5. The number of rotatable bonds is 5. The third-order valence-corrected chi connectivity index (χ3v) is 3.44. The number of ether oxygens (including phenoxy) is 1. The largest absolute Gasteiger partial charge is 0.496 e. The molecule has 0 unspecified atom stereocenters. The minimum absolute atomic E-state index is 0.766. The molecule has 0 amide bonds. The van der Waals surface area contributed by atoms with Crippen LogP contribution in [0.25, 0.3) is 11.3 Å². The van der Waals surface area contributed by atoms with E-state index in [-0.39, 0.29) is 0 Å². The van der Waals surface area contributed by atoms with Crippen LogP contribution in [0, 0.1) is 0 Å². The Labute approximate surface area is 123 Å². The number of methoxy groups -OCH3 is 1. The number of aromatic nitrogens is 5. The third kappa shape index (κ3) is 2.79. The highest BCUT2D eigenvalue weighted by Gasteiger charge is 2.09. The average molecular weight is 283 g/mol. The molecule has 108 valence electrons. The second-order valence-electron chi connectivity index (χ2n) is 4.81. The van der Waals surface area contributed by atoms with Crippen molar-refractivity contribution in [3.63, 3.8) is 0 Å². The van der Waals surface area contributed by atoms with E-state index < -0.39 is 0 Å². The Balaban J connectivity index is 1.76. The second-order valence-corrected chi connectivity index (χ2v) is 4.81. The zero-order valence-corrected chi connectivity index (χ0v) is 12.1. The van der Waals surface area contributed by atoms with Crippen molar-refractivity contribution in [1.29, 1.82) is 0 Å². The minimum Gasteiger partial charge on any atom is -0.496 e. The fourth-order valence-electron chi connectivity index (χ4n) is 2.24. The molecule has 3 aromatic rings. The minimum atomic E-state index is 0.766. The lowest BCUT2D eigenvalue weighted by Crippen LogP contribution is -2.04. The summed E-state index contributed by atoms with van der Waals surface area (Å²) in [6.07, 6.45) is 6.48. The maximum atomic E-state index is 5.35. The van der Waals surface area contributed by atoms with E-state index in [9.17, 15) is 0 Å². The fourth-order valence-corrected chi connectivity index (χ4v) is 2.24. The summed E-state index contributed by atoms with van der Waals surface area (Å²) in [5.41, 5.74) is 2.94. The van der Waals surface area contributed by atoms with Gasteiger partial charge in [0.15, 0.2) is 0 Å². The molecule has 0 atom stereocenters. The van der Waals surface area contributed by atoms with Gasteiger partial charge in [-0.05, 0) is 12.1 Å². The number of para-hydroxylation sites is 1. The maximum Gasteiger partial charge on any atom is 0.128 e. The van der Waals surface area contributed by atoms with Gasteiger partial charge >= 0.3 is 0 Å². The second kappa shape index (κ2) is 5.78. The summed E-state index contributed by atoms with van der Waals surface area (Å²) in [5, 5.41) is 8.41. The molecule has 2 aromatic heterocycles. The topological polar surface area (TPSA) is 57.8 Å². The summed E-state index contributed by atoms with van der Waals surface area (Å²) in [5.74, 6) is 0.802. The van der Waals surface area contributed by atoms with Crippen LogP contribution in [0.5, 0.6) is 5.75 Å². The van der Waals surface area contributed by atoms with E-state index >= 15 is 0 Å². The van der Waals surface area contributed by atoms with Crippen LogP contribution >= 0.6 is 0 Å². The molecule has 0 bridgehead atoms. The lowest BCUT2D eigenvalue weighted by molar-refractivity contribution is 0.416. The molecule has 0 aliphatic rings. The Hall–Kier alpha value is -2.63. The van der Waals surface area contributed by atoms with Crippen molar-refractivity contribution in [3.8, 4) is 17.0 Å². The first-order chi connectivity index (χ1) is 10.3. The molecular weight excluding hydrogens is 266 g/mol. The molecule has 0 saturated heterocycles. The lowest BCUT2D eigenvalue weighted by atomic mass is 10.1. The molecule has 2 heterocycles. The van der Waals surface area contributed by atoms with Crippen molar-refractivity contribution in [1.82, 2.24) is 24.5 Å². The van der Waals surface area contributed by atoms with Crippen LogP contribution in [-0.2, 0) is 20.0 Å². The van der Waals surface area contributed by atoms with Crippen molar-refractivity contribution in [3.05, 3.63) is 48.7 Å². The Morgan fingerprint density at radius 1 is 1.24 bits per heavy atom. The molecule has 0 radical (unpaired) electrons. The zero-order valence-electron chi connectivity index (χ0n) is 12.1. The molecule has 6 heteroatoms. The van der Waals surface area contributed by atoms with E-state index in [4.69, 9.17) is 4.74 Å². The number of imidazole rings is 1. The quantitative estimate of drug-likeness (QED) is 0.718. The van der Waals surface area contributed by atoms with E-state index in [1.54, 1.807) is 13.4 Å². The van der Waals surface area contributed by atoms with Crippen molar-refractivity contribution >= 4 is 0 Å². The molecule has 6 nitrogen and oxygen atoms in total. The third-order valence-electron chi connectivity index (χ3n) is 3.44. The summed E-state index contributed by atoms with van der Waals surface area (Å²) in [6, 6.07) is 7.81. The smallest absolute Gasteiger partial charge is 0.128 e. The monoisotopic (exact) mass is 283 g/mol. The van der Waals surface area contributed by atoms with Crippen LogP contribution in [-0.4, -0.2) is 31.7 Å². The van der Waals surface area contributed by atoms with Gasteiger partial charge in [-0.3, -0.25) is 4.68 Å². The summed E-state index contributed by atoms with van der Waals surface area (Å²) in [7, 11) is 3.65. The van der Waals surface area contributed by atoms with Crippen molar-refractivity contribution < 1.29 is 4.74 Å². The molecule has 0 aliphatic carbocycles. The van der Waals surface area contributed by atoms with Gasteiger partial charge in [0.05, 0.1) is 19.6 Å². The number of aryl methyl sites for hydroxylation is 3. The van der Waals surface area contributed by atoms with E-state index in [1.807, 2.05) is 53.0 Å². The van der Waals surface area contributed by atoms with E-state index in [0.717, 1.165) is 30.0 Å². The number of benzene rings is 1. The lowest BCUT2D eigenvalue weighted by Gasteiger charge is -2.04. The van der Waals surface area contributed by atoms with Crippen LogP contribution in [0.15, 0.2) is 43.0 Å². The van der Waals surface area contributed by atoms with Crippen molar-refractivity contribution in [2.24, 2.45) is 7.05 Å². The SMILES string of the molecule is COc1ccccc1-c1cn(CCc2cncn2C)nn1. The zero-order chi connectivity index (χ0) is 14.7. The molecule has 21 heavy (non-hydrogen) atoms. The summed E-state index contributed by atoms with van der Waals surface area (Å²) in [6.45, 7) is 0.766. The highest BCUT2D eigenvalue weighted by molar-refractivity contribution is 5.65. The van der Waals surface area contributed by atoms with Gasteiger partial charge in [0, 0.05) is 37.5 Å². The average Bonchev–Trinajstić information content (AvgIpc) is 3.14. The fraction of sp³-hybridized carbons (Fsp3) is 0.267. The molecule has 0 fully saturated rings. The normalized spacial score (nSPS) is 10.8.